The second kappa shape index (κ2) is 7.20. The summed E-state index contributed by atoms with van der Waals surface area (Å²) < 4.78 is 10.5. The zero-order valence-corrected chi connectivity index (χ0v) is 10.3. The van der Waals surface area contributed by atoms with Gasteiger partial charge in [-0.25, -0.2) is 0 Å². The lowest BCUT2D eigenvalue weighted by molar-refractivity contribution is 0.0439. The van der Waals surface area contributed by atoms with Crippen LogP contribution in [0.4, 0.5) is 0 Å². The standard InChI is InChI=1S/C12H25NO2/c1-10(4-7-14-3)12(13-2)11-5-8-15-9-6-11/h10-13H,4-9H2,1-3H3. The number of nitrogens with one attached hydrogen (secondary N) is 1. The summed E-state index contributed by atoms with van der Waals surface area (Å²) >= 11 is 0. The molecule has 1 fully saturated rings. The van der Waals surface area contributed by atoms with Crippen LogP contribution in [0.15, 0.2) is 0 Å². The van der Waals surface area contributed by atoms with Gasteiger partial charge >= 0.3 is 0 Å². The van der Waals surface area contributed by atoms with Crippen LogP contribution in [0.25, 0.3) is 0 Å². The Morgan fingerprint density at radius 2 is 2.07 bits per heavy atom. The van der Waals surface area contributed by atoms with Crippen LogP contribution in [0.1, 0.15) is 26.2 Å². The van der Waals surface area contributed by atoms with Gasteiger partial charge in [-0.2, -0.15) is 0 Å². The molecular weight excluding hydrogens is 190 g/mol. The lowest BCUT2D eigenvalue weighted by atomic mass is 9.83. The lowest BCUT2D eigenvalue weighted by Gasteiger charge is -2.34. The van der Waals surface area contributed by atoms with Crippen molar-refractivity contribution in [3.63, 3.8) is 0 Å². The fourth-order valence-corrected chi connectivity index (χ4v) is 2.54. The van der Waals surface area contributed by atoms with Crippen LogP contribution < -0.4 is 5.32 Å². The predicted octanol–water partition coefficient (Wildman–Crippen LogP) is 1.67. The van der Waals surface area contributed by atoms with Crippen LogP contribution in [0.5, 0.6) is 0 Å². The Kier molecular flexibility index (Phi) is 6.22. The highest BCUT2D eigenvalue weighted by Gasteiger charge is 2.26. The van der Waals surface area contributed by atoms with Crippen LogP contribution in [0.2, 0.25) is 0 Å². The third-order valence-corrected chi connectivity index (χ3v) is 3.50. The van der Waals surface area contributed by atoms with Crippen molar-refractivity contribution in [2.45, 2.75) is 32.2 Å². The summed E-state index contributed by atoms with van der Waals surface area (Å²) in [6.07, 6.45) is 3.53. The normalized spacial score (nSPS) is 22.6. The van der Waals surface area contributed by atoms with E-state index in [0.717, 1.165) is 32.2 Å². The molecule has 1 aliphatic rings. The first-order chi connectivity index (χ1) is 7.29. The molecule has 1 saturated heterocycles. The fourth-order valence-electron chi connectivity index (χ4n) is 2.54. The maximum absolute atomic E-state index is 5.40. The Morgan fingerprint density at radius 1 is 1.40 bits per heavy atom. The van der Waals surface area contributed by atoms with E-state index in [-0.39, 0.29) is 0 Å². The molecule has 0 amide bonds. The van der Waals surface area contributed by atoms with Gasteiger partial charge < -0.3 is 14.8 Å². The molecule has 2 atom stereocenters. The zero-order valence-electron chi connectivity index (χ0n) is 10.3. The molecule has 0 saturated carbocycles. The molecule has 0 aliphatic carbocycles. The number of rotatable bonds is 6. The van der Waals surface area contributed by atoms with Crippen molar-refractivity contribution in [2.24, 2.45) is 11.8 Å². The zero-order chi connectivity index (χ0) is 11.1. The number of hydrogen-bond acceptors (Lipinski definition) is 3. The highest BCUT2D eigenvalue weighted by atomic mass is 16.5. The van der Waals surface area contributed by atoms with E-state index in [0.29, 0.717) is 12.0 Å². The minimum absolute atomic E-state index is 0.615. The SMILES string of the molecule is CNC(C(C)CCOC)C1CCOCC1. The van der Waals surface area contributed by atoms with Crippen LogP contribution >= 0.6 is 0 Å². The molecule has 0 radical (unpaired) electrons. The second-order valence-corrected chi connectivity index (χ2v) is 4.52. The van der Waals surface area contributed by atoms with E-state index < -0.39 is 0 Å². The summed E-state index contributed by atoms with van der Waals surface area (Å²) in [5, 5.41) is 3.47. The van der Waals surface area contributed by atoms with Crippen molar-refractivity contribution < 1.29 is 9.47 Å². The summed E-state index contributed by atoms with van der Waals surface area (Å²) in [5.74, 6) is 1.45. The number of ether oxygens (including phenoxy) is 2. The third kappa shape index (κ3) is 4.09. The van der Waals surface area contributed by atoms with Gasteiger partial charge in [-0.15, -0.1) is 0 Å². The van der Waals surface area contributed by atoms with Crippen molar-refractivity contribution in [3.8, 4) is 0 Å². The number of hydrogen-bond donors (Lipinski definition) is 1. The number of methoxy groups -OCH3 is 1. The van der Waals surface area contributed by atoms with E-state index >= 15 is 0 Å². The van der Waals surface area contributed by atoms with Crippen LogP contribution in [-0.2, 0) is 9.47 Å². The van der Waals surface area contributed by atoms with Crippen molar-refractivity contribution in [2.75, 3.05) is 34.0 Å². The first-order valence-corrected chi connectivity index (χ1v) is 6.03. The summed E-state index contributed by atoms with van der Waals surface area (Å²) in [4.78, 5) is 0. The van der Waals surface area contributed by atoms with Crippen molar-refractivity contribution in [3.05, 3.63) is 0 Å². The van der Waals surface area contributed by atoms with E-state index in [9.17, 15) is 0 Å². The minimum Gasteiger partial charge on any atom is -0.385 e. The van der Waals surface area contributed by atoms with Gasteiger partial charge in [0.2, 0.25) is 0 Å². The van der Waals surface area contributed by atoms with Crippen molar-refractivity contribution >= 4 is 0 Å². The first-order valence-electron chi connectivity index (χ1n) is 6.03. The third-order valence-electron chi connectivity index (χ3n) is 3.50. The largest absolute Gasteiger partial charge is 0.385 e. The Morgan fingerprint density at radius 3 is 2.60 bits per heavy atom. The summed E-state index contributed by atoms with van der Waals surface area (Å²) in [6.45, 7) is 5.04. The maximum Gasteiger partial charge on any atom is 0.0469 e. The van der Waals surface area contributed by atoms with Gasteiger partial charge in [-0.1, -0.05) is 6.92 Å². The molecule has 1 heterocycles. The monoisotopic (exact) mass is 215 g/mol. The minimum atomic E-state index is 0.615. The molecule has 2 unspecified atom stereocenters. The van der Waals surface area contributed by atoms with Gasteiger partial charge in [0, 0.05) is 33.0 Å². The van der Waals surface area contributed by atoms with Crippen molar-refractivity contribution in [1.82, 2.24) is 5.32 Å². The molecule has 0 aromatic heterocycles. The van der Waals surface area contributed by atoms with E-state index in [1.165, 1.54) is 12.8 Å². The molecule has 0 aromatic rings. The molecule has 3 nitrogen and oxygen atoms in total. The van der Waals surface area contributed by atoms with Gasteiger partial charge in [-0.05, 0) is 38.1 Å². The maximum atomic E-state index is 5.40. The van der Waals surface area contributed by atoms with E-state index in [2.05, 4.69) is 19.3 Å². The molecule has 90 valence electrons. The van der Waals surface area contributed by atoms with Gasteiger partial charge in [-0.3, -0.25) is 0 Å². The Labute approximate surface area is 93.5 Å². The fraction of sp³-hybridized carbons (Fsp3) is 1.00. The van der Waals surface area contributed by atoms with Crippen LogP contribution in [0.3, 0.4) is 0 Å². The average molecular weight is 215 g/mol. The molecular formula is C12H25NO2. The summed E-state index contributed by atoms with van der Waals surface area (Å²) in [5.41, 5.74) is 0. The Bertz CT molecular complexity index is 158. The summed E-state index contributed by atoms with van der Waals surface area (Å²) in [6, 6.07) is 0.615. The van der Waals surface area contributed by atoms with E-state index in [4.69, 9.17) is 9.47 Å². The quantitative estimate of drug-likeness (QED) is 0.731. The van der Waals surface area contributed by atoms with Gasteiger partial charge in [0.1, 0.15) is 0 Å². The summed E-state index contributed by atoms with van der Waals surface area (Å²) in [7, 11) is 3.85. The second-order valence-electron chi connectivity index (χ2n) is 4.52. The van der Waals surface area contributed by atoms with Gasteiger partial charge in [0.25, 0.3) is 0 Å². The smallest absolute Gasteiger partial charge is 0.0469 e. The Balaban J connectivity index is 2.37. The lowest BCUT2D eigenvalue weighted by Crippen LogP contribution is -2.42. The van der Waals surface area contributed by atoms with Gasteiger partial charge in [0.15, 0.2) is 0 Å². The van der Waals surface area contributed by atoms with E-state index in [1.54, 1.807) is 7.11 Å². The first kappa shape index (κ1) is 12.9. The molecule has 0 spiro atoms. The molecule has 0 bridgehead atoms. The van der Waals surface area contributed by atoms with E-state index in [1.807, 2.05) is 0 Å². The van der Waals surface area contributed by atoms with Crippen molar-refractivity contribution in [1.29, 1.82) is 0 Å². The van der Waals surface area contributed by atoms with Crippen LogP contribution in [-0.4, -0.2) is 40.0 Å². The topological polar surface area (TPSA) is 30.5 Å². The molecule has 1 rings (SSSR count). The molecule has 15 heavy (non-hydrogen) atoms. The highest BCUT2D eigenvalue weighted by molar-refractivity contribution is 4.81. The Hall–Kier alpha value is -0.120. The van der Waals surface area contributed by atoms with Crippen LogP contribution in [0, 0.1) is 11.8 Å². The molecule has 3 heteroatoms. The van der Waals surface area contributed by atoms with Gasteiger partial charge in [0.05, 0.1) is 0 Å². The molecule has 1 N–H and O–H groups in total. The average Bonchev–Trinajstić information content (AvgIpc) is 2.29. The molecule has 1 aliphatic heterocycles. The highest BCUT2D eigenvalue weighted by Crippen LogP contribution is 2.25. The predicted molar refractivity (Wildman–Crippen MR) is 62.0 cm³/mol. The molecule has 0 aromatic carbocycles.